The van der Waals surface area contributed by atoms with Crippen LogP contribution in [0.4, 0.5) is 10.1 Å². The van der Waals surface area contributed by atoms with Gasteiger partial charge >= 0.3 is 0 Å². The average molecular weight is 276 g/mol. The van der Waals surface area contributed by atoms with Gasteiger partial charge in [0.05, 0.1) is 0 Å². The molecule has 0 bridgehead atoms. The first-order valence-electron chi connectivity index (χ1n) is 7.95. The van der Waals surface area contributed by atoms with Gasteiger partial charge in [0.2, 0.25) is 0 Å². The lowest BCUT2D eigenvalue weighted by molar-refractivity contribution is 0.226. The van der Waals surface area contributed by atoms with Gasteiger partial charge in [-0.2, -0.15) is 0 Å². The van der Waals surface area contributed by atoms with E-state index in [-0.39, 0.29) is 5.82 Å². The first-order valence-corrected chi connectivity index (χ1v) is 7.95. The van der Waals surface area contributed by atoms with Crippen molar-refractivity contribution in [2.75, 3.05) is 24.5 Å². The molecule has 2 N–H and O–H groups in total. The van der Waals surface area contributed by atoms with E-state index in [1.54, 1.807) is 12.1 Å². The summed E-state index contributed by atoms with van der Waals surface area (Å²) in [4.78, 5) is 2.35. The van der Waals surface area contributed by atoms with E-state index in [9.17, 15) is 4.39 Å². The minimum absolute atomic E-state index is 0.132. The van der Waals surface area contributed by atoms with Crippen molar-refractivity contribution in [2.45, 2.75) is 44.9 Å². The van der Waals surface area contributed by atoms with Crippen molar-refractivity contribution >= 4 is 5.69 Å². The number of hydrogen-bond donors (Lipinski definition) is 1. The molecule has 1 aliphatic carbocycles. The summed E-state index contributed by atoms with van der Waals surface area (Å²) >= 11 is 0. The average Bonchev–Trinajstić information content (AvgIpc) is 2.88. The summed E-state index contributed by atoms with van der Waals surface area (Å²) in [5.74, 6) is -0.132. The molecule has 20 heavy (non-hydrogen) atoms. The Morgan fingerprint density at radius 1 is 1.05 bits per heavy atom. The topological polar surface area (TPSA) is 29.3 Å². The molecule has 2 nitrogen and oxygen atoms in total. The highest BCUT2D eigenvalue weighted by Gasteiger charge is 2.36. The van der Waals surface area contributed by atoms with E-state index in [0.29, 0.717) is 12.0 Å². The predicted molar refractivity (Wildman–Crippen MR) is 81.5 cm³/mol. The molecule has 0 unspecified atom stereocenters. The van der Waals surface area contributed by atoms with Gasteiger partial charge in [0.1, 0.15) is 5.82 Å². The Morgan fingerprint density at radius 3 is 2.40 bits per heavy atom. The molecule has 1 saturated carbocycles. The Balaban J connectivity index is 1.71. The van der Waals surface area contributed by atoms with Gasteiger partial charge in [-0.25, -0.2) is 4.39 Å². The Kier molecular flexibility index (Phi) is 3.97. The number of benzene rings is 1. The largest absolute Gasteiger partial charge is 0.371 e. The third-order valence-electron chi connectivity index (χ3n) is 5.23. The van der Waals surface area contributed by atoms with E-state index in [0.717, 1.165) is 30.8 Å². The van der Waals surface area contributed by atoms with Crippen molar-refractivity contribution < 1.29 is 4.39 Å². The zero-order valence-corrected chi connectivity index (χ0v) is 12.2. The molecule has 1 heterocycles. The van der Waals surface area contributed by atoms with Crippen LogP contribution in [0.5, 0.6) is 0 Å². The van der Waals surface area contributed by atoms with E-state index >= 15 is 0 Å². The van der Waals surface area contributed by atoms with Crippen molar-refractivity contribution in [1.29, 1.82) is 0 Å². The normalized spacial score (nSPS) is 21.6. The minimum atomic E-state index is -0.132. The molecule has 0 amide bonds. The van der Waals surface area contributed by atoms with Gasteiger partial charge in [-0.1, -0.05) is 12.8 Å². The molecule has 1 aromatic carbocycles. The monoisotopic (exact) mass is 276 g/mol. The second-order valence-electron chi connectivity index (χ2n) is 6.55. The fourth-order valence-corrected chi connectivity index (χ4v) is 3.99. The highest BCUT2D eigenvalue weighted by molar-refractivity contribution is 5.49. The van der Waals surface area contributed by atoms with Gasteiger partial charge < -0.3 is 10.6 Å². The quantitative estimate of drug-likeness (QED) is 0.915. The number of piperidine rings is 1. The predicted octanol–water partition coefficient (Wildman–Crippen LogP) is 3.49. The Morgan fingerprint density at radius 2 is 1.75 bits per heavy atom. The maximum atomic E-state index is 13.7. The Labute approximate surface area is 121 Å². The van der Waals surface area contributed by atoms with Gasteiger partial charge in [-0.3, -0.25) is 0 Å². The van der Waals surface area contributed by atoms with E-state index in [2.05, 4.69) is 11.0 Å². The number of nitrogens with zero attached hydrogens (tertiary/aromatic N) is 1. The van der Waals surface area contributed by atoms with Gasteiger partial charge in [0.15, 0.2) is 0 Å². The molecule has 0 atom stereocenters. The molecule has 1 aromatic rings. The third-order valence-corrected chi connectivity index (χ3v) is 5.23. The molecule has 3 rings (SSSR count). The van der Waals surface area contributed by atoms with Crippen molar-refractivity contribution in [3.63, 3.8) is 0 Å². The van der Waals surface area contributed by atoms with E-state index in [4.69, 9.17) is 5.73 Å². The maximum Gasteiger partial charge on any atom is 0.125 e. The fraction of sp³-hybridized carbons (Fsp3) is 0.647. The molecule has 0 radical (unpaired) electrons. The standard InChI is InChI=1S/C17H25FN2/c18-15-11-14(3-8-19)12-16(13-15)20-9-6-17(7-10-20)4-1-2-5-17/h11-13H,1-10,19H2. The SMILES string of the molecule is NCCc1cc(F)cc(N2CCC3(CCCC3)CC2)c1. The van der Waals surface area contributed by atoms with Crippen LogP contribution in [-0.4, -0.2) is 19.6 Å². The van der Waals surface area contributed by atoms with Crippen molar-refractivity contribution in [3.05, 3.63) is 29.6 Å². The van der Waals surface area contributed by atoms with Crippen LogP contribution in [0.2, 0.25) is 0 Å². The summed E-state index contributed by atoms with van der Waals surface area (Å²) in [6.45, 7) is 2.73. The van der Waals surface area contributed by atoms with Gasteiger partial charge in [0.25, 0.3) is 0 Å². The van der Waals surface area contributed by atoms with E-state index in [1.807, 2.05) is 0 Å². The van der Waals surface area contributed by atoms with Crippen LogP contribution in [0.1, 0.15) is 44.1 Å². The first kappa shape index (κ1) is 13.9. The smallest absolute Gasteiger partial charge is 0.125 e. The lowest BCUT2D eigenvalue weighted by Gasteiger charge is -2.40. The molecule has 1 saturated heterocycles. The highest BCUT2D eigenvalue weighted by atomic mass is 19.1. The molecule has 3 heteroatoms. The summed E-state index contributed by atoms with van der Waals surface area (Å²) in [6.07, 6.45) is 8.92. The number of rotatable bonds is 3. The zero-order chi connectivity index (χ0) is 14.0. The summed E-state index contributed by atoms with van der Waals surface area (Å²) in [5, 5.41) is 0. The highest BCUT2D eigenvalue weighted by Crippen LogP contribution is 2.46. The maximum absolute atomic E-state index is 13.7. The van der Waals surface area contributed by atoms with Crippen molar-refractivity contribution in [1.82, 2.24) is 0 Å². The lowest BCUT2D eigenvalue weighted by Crippen LogP contribution is -2.38. The summed E-state index contributed by atoms with van der Waals surface area (Å²) in [5.41, 5.74) is 8.26. The molecule has 1 spiro atoms. The molecule has 110 valence electrons. The number of hydrogen-bond acceptors (Lipinski definition) is 2. The molecule has 0 aromatic heterocycles. The molecular formula is C17H25FN2. The lowest BCUT2D eigenvalue weighted by atomic mass is 9.77. The number of halogens is 1. The van der Waals surface area contributed by atoms with Crippen LogP contribution in [-0.2, 0) is 6.42 Å². The summed E-state index contributed by atoms with van der Waals surface area (Å²) in [6, 6.07) is 5.40. The minimum Gasteiger partial charge on any atom is -0.371 e. The molecule has 2 fully saturated rings. The second kappa shape index (κ2) is 5.72. The van der Waals surface area contributed by atoms with Crippen molar-refractivity contribution in [3.8, 4) is 0 Å². The van der Waals surface area contributed by atoms with Crippen LogP contribution < -0.4 is 10.6 Å². The van der Waals surface area contributed by atoms with E-state index < -0.39 is 0 Å². The first-order chi connectivity index (χ1) is 9.71. The molecule has 2 aliphatic rings. The number of anilines is 1. The fourth-order valence-electron chi connectivity index (χ4n) is 3.99. The van der Waals surface area contributed by atoms with Gasteiger partial charge in [-0.15, -0.1) is 0 Å². The summed E-state index contributed by atoms with van der Waals surface area (Å²) < 4.78 is 13.7. The van der Waals surface area contributed by atoms with Crippen LogP contribution in [0, 0.1) is 11.2 Å². The van der Waals surface area contributed by atoms with Crippen LogP contribution >= 0.6 is 0 Å². The second-order valence-corrected chi connectivity index (χ2v) is 6.55. The number of nitrogens with two attached hydrogens (primary N) is 1. The Bertz CT molecular complexity index is 456. The third kappa shape index (κ3) is 2.83. The molecule has 1 aliphatic heterocycles. The van der Waals surface area contributed by atoms with Gasteiger partial charge in [-0.05, 0) is 67.8 Å². The van der Waals surface area contributed by atoms with E-state index in [1.165, 1.54) is 38.5 Å². The van der Waals surface area contributed by atoms with Crippen LogP contribution in [0.15, 0.2) is 18.2 Å². The van der Waals surface area contributed by atoms with Crippen molar-refractivity contribution in [2.24, 2.45) is 11.1 Å². The summed E-state index contributed by atoms with van der Waals surface area (Å²) in [7, 11) is 0. The zero-order valence-electron chi connectivity index (χ0n) is 12.2. The van der Waals surface area contributed by atoms with Crippen LogP contribution in [0.3, 0.4) is 0 Å². The Hall–Kier alpha value is -1.09. The van der Waals surface area contributed by atoms with Gasteiger partial charge in [0, 0.05) is 18.8 Å². The molecular weight excluding hydrogens is 251 g/mol. The van der Waals surface area contributed by atoms with Crippen LogP contribution in [0.25, 0.3) is 0 Å².